The molecule has 0 radical (unpaired) electrons. The number of carbonyl (C=O) groups is 1. The van der Waals surface area contributed by atoms with Crippen LogP contribution in [0.15, 0.2) is 29.4 Å². The molecule has 10 heteroatoms. The average molecular weight is 423 g/mol. The number of nitrogens with zero attached hydrogens (tertiary/aromatic N) is 5. The number of hydrogen-bond acceptors (Lipinski definition) is 5. The van der Waals surface area contributed by atoms with Gasteiger partial charge in [0, 0.05) is 30.5 Å². The quantitative estimate of drug-likeness (QED) is 0.586. The van der Waals surface area contributed by atoms with Gasteiger partial charge in [0.2, 0.25) is 11.1 Å². The van der Waals surface area contributed by atoms with Crippen molar-refractivity contribution in [2.45, 2.75) is 38.1 Å². The van der Waals surface area contributed by atoms with Crippen LogP contribution in [0.2, 0.25) is 0 Å². The lowest BCUT2D eigenvalue weighted by molar-refractivity contribution is -0.139. The Morgan fingerprint density at radius 1 is 1.21 bits per heavy atom. The Labute approximate surface area is 170 Å². The largest absolute Gasteiger partial charge is 0.416 e. The predicted octanol–water partition coefficient (Wildman–Crippen LogP) is 3.68. The second-order valence-electron chi connectivity index (χ2n) is 6.65. The van der Waals surface area contributed by atoms with Gasteiger partial charge in [-0.3, -0.25) is 4.79 Å². The topological polar surface area (TPSA) is 63.4 Å². The van der Waals surface area contributed by atoms with Crippen LogP contribution in [0.1, 0.15) is 28.1 Å². The van der Waals surface area contributed by atoms with Crippen molar-refractivity contribution in [1.29, 1.82) is 0 Å². The highest BCUT2D eigenvalue weighted by atomic mass is 32.2. The molecule has 0 atom stereocenters. The molecule has 1 aromatic carbocycles. The molecular weight excluding hydrogens is 403 g/mol. The van der Waals surface area contributed by atoms with E-state index in [-0.39, 0.29) is 24.4 Å². The minimum absolute atomic E-state index is 0.0136. The SMILES string of the molecule is CSc1nc2nc(C)c(CC(=O)N(C)Cc3ccccc3C(F)(F)F)c(C)n2n1. The molecule has 2 heterocycles. The van der Waals surface area contributed by atoms with E-state index in [0.717, 1.165) is 11.8 Å². The zero-order valence-electron chi connectivity index (χ0n) is 16.4. The molecule has 1 amide bonds. The normalized spacial score (nSPS) is 11.8. The van der Waals surface area contributed by atoms with Gasteiger partial charge in [0.05, 0.1) is 12.0 Å². The van der Waals surface area contributed by atoms with Crippen LogP contribution in [-0.4, -0.2) is 43.7 Å². The Kier molecular flexibility index (Phi) is 5.83. The lowest BCUT2D eigenvalue weighted by Gasteiger charge is -2.21. The van der Waals surface area contributed by atoms with Crippen LogP contribution in [0.3, 0.4) is 0 Å². The van der Waals surface area contributed by atoms with Gasteiger partial charge in [-0.15, -0.1) is 5.10 Å². The van der Waals surface area contributed by atoms with Gasteiger partial charge in [0.25, 0.3) is 5.78 Å². The summed E-state index contributed by atoms with van der Waals surface area (Å²) in [7, 11) is 1.49. The summed E-state index contributed by atoms with van der Waals surface area (Å²) in [5, 5.41) is 4.92. The van der Waals surface area contributed by atoms with Crippen LogP contribution in [0.25, 0.3) is 5.78 Å². The summed E-state index contributed by atoms with van der Waals surface area (Å²) in [6.45, 7) is 3.46. The van der Waals surface area contributed by atoms with Crippen LogP contribution >= 0.6 is 11.8 Å². The Bertz CT molecular complexity index is 1060. The molecule has 2 aromatic heterocycles. The van der Waals surface area contributed by atoms with E-state index in [9.17, 15) is 18.0 Å². The molecule has 3 rings (SSSR count). The van der Waals surface area contributed by atoms with E-state index < -0.39 is 11.7 Å². The molecule has 6 nitrogen and oxygen atoms in total. The van der Waals surface area contributed by atoms with Gasteiger partial charge in [-0.2, -0.15) is 18.2 Å². The van der Waals surface area contributed by atoms with Crippen molar-refractivity contribution in [3.05, 3.63) is 52.3 Å². The van der Waals surface area contributed by atoms with Crippen LogP contribution in [0, 0.1) is 13.8 Å². The third-order valence-electron chi connectivity index (χ3n) is 4.70. The number of hydrogen-bond donors (Lipinski definition) is 0. The van der Waals surface area contributed by atoms with Gasteiger partial charge >= 0.3 is 6.18 Å². The average Bonchev–Trinajstić information content (AvgIpc) is 3.07. The number of halogens is 3. The predicted molar refractivity (Wildman–Crippen MR) is 104 cm³/mol. The van der Waals surface area contributed by atoms with Gasteiger partial charge in [0.1, 0.15) is 0 Å². The molecule has 0 aliphatic carbocycles. The van der Waals surface area contributed by atoms with Crippen molar-refractivity contribution in [3.8, 4) is 0 Å². The number of thioether (sulfide) groups is 1. The highest BCUT2D eigenvalue weighted by molar-refractivity contribution is 7.98. The number of aryl methyl sites for hydroxylation is 2. The minimum Gasteiger partial charge on any atom is -0.341 e. The molecule has 0 aliphatic heterocycles. The zero-order chi connectivity index (χ0) is 21.3. The van der Waals surface area contributed by atoms with E-state index in [4.69, 9.17) is 0 Å². The third kappa shape index (κ3) is 4.36. The second kappa shape index (κ2) is 8.02. The molecule has 29 heavy (non-hydrogen) atoms. The maximum Gasteiger partial charge on any atom is 0.416 e. The Morgan fingerprint density at radius 3 is 2.55 bits per heavy atom. The standard InChI is InChI=1S/C19H20F3N5OS/c1-11-14(12(2)27-17(23-11)24-18(25-27)29-4)9-16(28)26(3)10-13-7-5-6-8-15(13)19(20,21)22/h5-8H,9-10H2,1-4H3. The first-order valence-electron chi connectivity index (χ1n) is 8.77. The molecule has 154 valence electrons. The van der Waals surface area contributed by atoms with Crippen molar-refractivity contribution in [1.82, 2.24) is 24.5 Å². The Hall–Kier alpha value is -2.62. The summed E-state index contributed by atoms with van der Waals surface area (Å²) >= 11 is 1.39. The maximum atomic E-state index is 13.2. The lowest BCUT2D eigenvalue weighted by atomic mass is 10.1. The van der Waals surface area contributed by atoms with Crippen LogP contribution in [0.4, 0.5) is 13.2 Å². The Morgan fingerprint density at radius 2 is 1.90 bits per heavy atom. The van der Waals surface area contributed by atoms with Crippen LogP contribution < -0.4 is 0 Å². The fourth-order valence-electron chi connectivity index (χ4n) is 3.10. The number of carbonyl (C=O) groups excluding carboxylic acids is 1. The molecule has 0 saturated carbocycles. The lowest BCUT2D eigenvalue weighted by Crippen LogP contribution is -2.29. The molecule has 0 N–H and O–H groups in total. The van der Waals surface area contributed by atoms with Crippen molar-refractivity contribution in [3.63, 3.8) is 0 Å². The number of amides is 1. The number of rotatable bonds is 5. The van der Waals surface area contributed by atoms with Crippen LogP contribution in [-0.2, 0) is 23.9 Å². The van der Waals surface area contributed by atoms with E-state index in [0.29, 0.717) is 22.2 Å². The number of aromatic nitrogens is 4. The highest BCUT2D eigenvalue weighted by Crippen LogP contribution is 2.32. The molecule has 0 saturated heterocycles. The monoisotopic (exact) mass is 423 g/mol. The van der Waals surface area contributed by atoms with E-state index >= 15 is 0 Å². The molecule has 0 aliphatic rings. The third-order valence-corrected chi connectivity index (χ3v) is 5.23. The first-order chi connectivity index (χ1) is 13.6. The van der Waals surface area contributed by atoms with Crippen molar-refractivity contribution >= 4 is 23.4 Å². The summed E-state index contributed by atoms with van der Waals surface area (Å²) in [6.07, 6.45) is -2.60. The molecular formula is C19H20F3N5OS. The molecule has 0 unspecified atom stereocenters. The molecule has 0 bridgehead atoms. The maximum absolute atomic E-state index is 13.2. The molecule has 3 aromatic rings. The fourth-order valence-corrected chi connectivity index (χ4v) is 3.43. The van der Waals surface area contributed by atoms with Gasteiger partial charge in [-0.1, -0.05) is 30.0 Å². The molecule has 0 fully saturated rings. The summed E-state index contributed by atoms with van der Waals surface area (Å²) < 4.78 is 41.2. The summed E-state index contributed by atoms with van der Waals surface area (Å²) in [5.41, 5.74) is 1.39. The minimum atomic E-state index is -4.47. The number of alkyl halides is 3. The van der Waals surface area contributed by atoms with E-state index in [2.05, 4.69) is 15.1 Å². The van der Waals surface area contributed by atoms with Crippen LogP contribution in [0.5, 0.6) is 0 Å². The first-order valence-corrected chi connectivity index (χ1v) is 10.00. The summed E-state index contributed by atoms with van der Waals surface area (Å²) in [6, 6.07) is 5.27. The van der Waals surface area contributed by atoms with Gasteiger partial charge < -0.3 is 4.90 Å². The second-order valence-corrected chi connectivity index (χ2v) is 7.43. The van der Waals surface area contributed by atoms with Crippen molar-refractivity contribution in [2.24, 2.45) is 0 Å². The van der Waals surface area contributed by atoms with E-state index in [1.807, 2.05) is 13.2 Å². The molecule has 0 spiro atoms. The smallest absolute Gasteiger partial charge is 0.341 e. The van der Waals surface area contributed by atoms with Gasteiger partial charge in [0.15, 0.2) is 0 Å². The summed E-state index contributed by atoms with van der Waals surface area (Å²) in [5.74, 6) is 0.146. The fraction of sp³-hybridized carbons (Fsp3) is 0.368. The summed E-state index contributed by atoms with van der Waals surface area (Å²) in [4.78, 5) is 22.7. The van der Waals surface area contributed by atoms with Gasteiger partial charge in [-0.25, -0.2) is 9.50 Å². The van der Waals surface area contributed by atoms with Gasteiger partial charge in [-0.05, 0) is 31.7 Å². The zero-order valence-corrected chi connectivity index (χ0v) is 17.2. The number of likely N-dealkylation sites (N-methyl/N-ethyl adjacent to an activating group) is 1. The number of benzene rings is 1. The first kappa shape index (κ1) is 21.1. The number of fused-ring (bicyclic) bond motifs is 1. The van der Waals surface area contributed by atoms with E-state index in [1.54, 1.807) is 11.4 Å². The highest BCUT2D eigenvalue weighted by Gasteiger charge is 2.33. The van der Waals surface area contributed by atoms with Crippen molar-refractivity contribution < 1.29 is 18.0 Å². The Balaban J connectivity index is 1.84. The van der Waals surface area contributed by atoms with E-state index in [1.165, 1.54) is 41.9 Å². The van der Waals surface area contributed by atoms with Crippen molar-refractivity contribution in [2.75, 3.05) is 13.3 Å².